The lowest BCUT2D eigenvalue weighted by molar-refractivity contribution is -0.163. The van der Waals surface area contributed by atoms with E-state index in [0.717, 1.165) is 4.90 Å². The molecule has 0 atom stereocenters. The molecule has 0 aliphatic rings. The Balaban J connectivity index is 2.07. The van der Waals surface area contributed by atoms with Crippen LogP contribution in [-0.2, 0) is 0 Å². The zero-order chi connectivity index (χ0) is 21.1. The van der Waals surface area contributed by atoms with Gasteiger partial charge in [-0.2, -0.15) is 8.78 Å². The molecule has 0 heterocycles. The molecule has 5 nitrogen and oxygen atoms in total. The number of imide groups is 1. The minimum absolute atomic E-state index is 0.0221. The highest BCUT2D eigenvalue weighted by Crippen LogP contribution is 2.31. The number of benzene rings is 2. The van der Waals surface area contributed by atoms with Crippen LogP contribution in [0, 0.1) is 0 Å². The van der Waals surface area contributed by atoms with Crippen molar-refractivity contribution < 1.29 is 23.1 Å². The van der Waals surface area contributed by atoms with Gasteiger partial charge in [0, 0.05) is 12.7 Å². The van der Waals surface area contributed by atoms with Crippen LogP contribution >= 0.6 is 46.4 Å². The van der Waals surface area contributed by atoms with E-state index in [-0.39, 0.29) is 27.0 Å². The predicted octanol–water partition coefficient (Wildman–Crippen LogP) is 6.07. The fourth-order valence-corrected chi connectivity index (χ4v) is 2.63. The van der Waals surface area contributed by atoms with E-state index in [1.54, 1.807) is 6.07 Å². The Morgan fingerprint density at radius 1 is 1.07 bits per heavy atom. The van der Waals surface area contributed by atoms with Gasteiger partial charge in [0.25, 0.3) is 5.91 Å². The molecule has 150 valence electrons. The van der Waals surface area contributed by atoms with Crippen molar-refractivity contribution in [3.63, 3.8) is 0 Å². The average Bonchev–Trinajstić information content (AvgIpc) is 2.62. The molecule has 28 heavy (non-hydrogen) atoms. The fourth-order valence-electron chi connectivity index (χ4n) is 1.98. The minimum Gasteiger partial charge on any atom is -0.431 e. The molecule has 0 radical (unpaired) electrons. The number of urea groups is 1. The molecule has 2 rings (SSSR count). The smallest absolute Gasteiger partial charge is 0.428 e. The lowest BCUT2D eigenvalue weighted by Crippen LogP contribution is -2.37. The van der Waals surface area contributed by atoms with Crippen LogP contribution < -0.4 is 10.1 Å². The van der Waals surface area contributed by atoms with Crippen LogP contribution in [0.3, 0.4) is 0 Å². The minimum atomic E-state index is -3.78. The molecule has 0 spiro atoms. The second-order valence-electron chi connectivity index (χ2n) is 5.38. The van der Waals surface area contributed by atoms with E-state index in [4.69, 9.17) is 46.4 Å². The summed E-state index contributed by atoms with van der Waals surface area (Å²) in [5.74, 6) is -0.940. The van der Waals surface area contributed by atoms with Crippen molar-refractivity contribution in [3.8, 4) is 5.75 Å². The van der Waals surface area contributed by atoms with Gasteiger partial charge in [-0.05, 0) is 36.4 Å². The number of carbonyl (C=O) groups is 2. The van der Waals surface area contributed by atoms with Gasteiger partial charge in [0.1, 0.15) is 5.75 Å². The monoisotopic (exact) mass is 470 g/mol. The summed E-state index contributed by atoms with van der Waals surface area (Å²) in [5, 5.41) is 2.62. The quantitative estimate of drug-likeness (QED) is 0.538. The summed E-state index contributed by atoms with van der Waals surface area (Å²) < 4.78 is 31.1. The molecule has 0 aromatic heterocycles. The van der Waals surface area contributed by atoms with Crippen molar-refractivity contribution in [1.82, 2.24) is 4.90 Å². The summed E-state index contributed by atoms with van der Waals surface area (Å²) in [6.45, 7) is 0. The highest BCUT2D eigenvalue weighted by Gasteiger charge is 2.40. The molecule has 0 bridgehead atoms. The van der Waals surface area contributed by atoms with Gasteiger partial charge in [0.05, 0.1) is 15.6 Å². The third-order valence-electron chi connectivity index (χ3n) is 3.40. The zero-order valence-corrected chi connectivity index (χ0v) is 17.1. The standard InChI is InChI=1S/C17H12Cl4F2N2O3/c1-25(14(26)13-11(18)3-2-4-12(13)19)16(27)24-9-5-7-10(8-6-9)28-17(22,23)15(20)21/h2-8,15H,1H3,(H,24,27). The first-order valence-electron chi connectivity index (χ1n) is 7.51. The summed E-state index contributed by atoms with van der Waals surface area (Å²) in [4.78, 5) is 23.5. The number of nitrogens with zero attached hydrogens (tertiary/aromatic N) is 1. The van der Waals surface area contributed by atoms with Gasteiger partial charge in [0.15, 0.2) is 0 Å². The number of carbonyl (C=O) groups excluding carboxylic acids is 2. The van der Waals surface area contributed by atoms with E-state index in [1.165, 1.54) is 43.4 Å². The fraction of sp³-hybridized carbons (Fsp3) is 0.176. The zero-order valence-electron chi connectivity index (χ0n) is 14.1. The van der Waals surface area contributed by atoms with E-state index in [0.29, 0.717) is 0 Å². The summed E-state index contributed by atoms with van der Waals surface area (Å²) in [5.41, 5.74) is 0.199. The number of amides is 3. The van der Waals surface area contributed by atoms with E-state index >= 15 is 0 Å². The Morgan fingerprint density at radius 2 is 1.61 bits per heavy atom. The van der Waals surface area contributed by atoms with Crippen LogP contribution in [0.5, 0.6) is 5.75 Å². The first-order valence-corrected chi connectivity index (χ1v) is 9.14. The molecule has 0 aliphatic heterocycles. The third-order valence-corrected chi connectivity index (χ3v) is 4.54. The highest BCUT2D eigenvalue weighted by atomic mass is 35.5. The largest absolute Gasteiger partial charge is 0.431 e. The topological polar surface area (TPSA) is 58.6 Å². The average molecular weight is 472 g/mol. The van der Waals surface area contributed by atoms with E-state index in [1.807, 2.05) is 0 Å². The molecule has 0 unspecified atom stereocenters. The maximum atomic E-state index is 13.3. The number of hydrogen-bond donors (Lipinski definition) is 1. The third kappa shape index (κ3) is 5.38. The number of alkyl halides is 4. The lowest BCUT2D eigenvalue weighted by Gasteiger charge is -2.19. The molecule has 11 heteroatoms. The van der Waals surface area contributed by atoms with Crippen molar-refractivity contribution in [1.29, 1.82) is 0 Å². The van der Waals surface area contributed by atoms with Crippen molar-refractivity contribution in [2.75, 3.05) is 12.4 Å². The Labute approximate surface area is 179 Å². The number of rotatable bonds is 5. The predicted molar refractivity (Wildman–Crippen MR) is 105 cm³/mol. The molecule has 2 aromatic carbocycles. The number of ether oxygens (including phenoxy) is 1. The Bertz CT molecular complexity index is 859. The molecule has 0 saturated carbocycles. The lowest BCUT2D eigenvalue weighted by atomic mass is 10.2. The van der Waals surface area contributed by atoms with Crippen molar-refractivity contribution >= 4 is 64.0 Å². The molecule has 0 fully saturated rings. The van der Waals surface area contributed by atoms with Crippen LogP contribution in [0.1, 0.15) is 10.4 Å². The maximum Gasteiger partial charge on any atom is 0.428 e. The van der Waals surface area contributed by atoms with Crippen molar-refractivity contribution in [3.05, 3.63) is 58.1 Å². The number of hydrogen-bond acceptors (Lipinski definition) is 3. The first kappa shape index (κ1) is 22.5. The second-order valence-corrected chi connectivity index (χ2v) is 7.29. The SMILES string of the molecule is CN(C(=O)Nc1ccc(OC(F)(F)C(Cl)Cl)cc1)C(=O)c1c(Cl)cccc1Cl. The molecule has 3 amide bonds. The van der Waals surface area contributed by atoms with Crippen LogP contribution in [-0.4, -0.2) is 34.8 Å². The Kier molecular flexibility index (Phi) is 7.33. The van der Waals surface area contributed by atoms with Crippen molar-refractivity contribution in [2.24, 2.45) is 0 Å². The van der Waals surface area contributed by atoms with Gasteiger partial charge in [-0.25, -0.2) is 4.79 Å². The molecule has 2 aromatic rings. The highest BCUT2D eigenvalue weighted by molar-refractivity contribution is 6.44. The second kappa shape index (κ2) is 9.13. The van der Waals surface area contributed by atoms with Gasteiger partial charge in [0.2, 0.25) is 4.84 Å². The van der Waals surface area contributed by atoms with E-state index in [2.05, 4.69) is 10.1 Å². The number of anilines is 1. The summed E-state index contributed by atoms with van der Waals surface area (Å²) in [7, 11) is 1.23. The van der Waals surface area contributed by atoms with E-state index in [9.17, 15) is 18.4 Å². The molecule has 0 saturated heterocycles. The molecular formula is C17H12Cl4F2N2O3. The van der Waals surface area contributed by atoms with Gasteiger partial charge >= 0.3 is 12.1 Å². The molecule has 1 N–H and O–H groups in total. The van der Waals surface area contributed by atoms with Crippen LogP contribution in [0.4, 0.5) is 19.3 Å². The van der Waals surface area contributed by atoms with Gasteiger partial charge in [-0.3, -0.25) is 9.69 Å². The summed E-state index contributed by atoms with van der Waals surface area (Å²) in [6.07, 6.45) is -3.78. The van der Waals surface area contributed by atoms with Gasteiger partial charge in [-0.1, -0.05) is 52.5 Å². The Morgan fingerprint density at radius 3 is 2.11 bits per heavy atom. The summed E-state index contributed by atoms with van der Waals surface area (Å²) >= 11 is 22.2. The Hall–Kier alpha value is -1.80. The normalized spacial score (nSPS) is 11.3. The maximum absolute atomic E-state index is 13.3. The van der Waals surface area contributed by atoms with Crippen LogP contribution in [0.2, 0.25) is 10.0 Å². The first-order chi connectivity index (χ1) is 13.0. The molecule has 0 aliphatic carbocycles. The number of nitrogens with one attached hydrogen (secondary N) is 1. The summed E-state index contributed by atoms with van der Waals surface area (Å²) in [6, 6.07) is 8.63. The molecular weight excluding hydrogens is 460 g/mol. The van der Waals surface area contributed by atoms with E-state index < -0.39 is 22.9 Å². The van der Waals surface area contributed by atoms with Crippen LogP contribution in [0.25, 0.3) is 0 Å². The van der Waals surface area contributed by atoms with Crippen molar-refractivity contribution in [2.45, 2.75) is 10.9 Å². The van der Waals surface area contributed by atoms with Crippen LogP contribution in [0.15, 0.2) is 42.5 Å². The van der Waals surface area contributed by atoms with Gasteiger partial charge < -0.3 is 10.1 Å². The van der Waals surface area contributed by atoms with Gasteiger partial charge in [-0.15, -0.1) is 0 Å². The number of halogens is 6.